The maximum atomic E-state index is 14.8. The van der Waals surface area contributed by atoms with Gasteiger partial charge in [-0.25, -0.2) is 4.39 Å². The standard InChI is InChI=1S/C24H27FN4O2S/c1-3-31-19-13-11-18(12-14-19)23-26-27-24(29(23)21-10-5-4-9-20(21)25)32-16-22(30)28-15-7-6-8-17(28)2/h4-5,9-14,17H,3,6-8,15-16H2,1-2H3/t17-/m0/s1. The summed E-state index contributed by atoms with van der Waals surface area (Å²) < 4.78 is 22.0. The molecule has 2 heterocycles. The highest BCUT2D eigenvalue weighted by Crippen LogP contribution is 2.30. The predicted molar refractivity (Wildman–Crippen MR) is 124 cm³/mol. The van der Waals surface area contributed by atoms with E-state index in [4.69, 9.17) is 4.74 Å². The molecule has 1 aromatic heterocycles. The zero-order chi connectivity index (χ0) is 22.5. The lowest BCUT2D eigenvalue weighted by atomic mass is 10.0. The number of benzene rings is 2. The van der Waals surface area contributed by atoms with E-state index in [0.717, 1.165) is 37.1 Å². The van der Waals surface area contributed by atoms with Crippen molar-refractivity contribution in [2.75, 3.05) is 18.9 Å². The first-order chi connectivity index (χ1) is 15.6. The van der Waals surface area contributed by atoms with Crippen LogP contribution in [0.1, 0.15) is 33.1 Å². The Kier molecular flexibility index (Phi) is 7.09. The van der Waals surface area contributed by atoms with Gasteiger partial charge in [0.25, 0.3) is 0 Å². The molecule has 4 rings (SSSR count). The van der Waals surface area contributed by atoms with Crippen molar-refractivity contribution in [1.82, 2.24) is 19.7 Å². The molecule has 2 aromatic carbocycles. The van der Waals surface area contributed by atoms with Crippen molar-refractivity contribution in [2.24, 2.45) is 0 Å². The summed E-state index contributed by atoms with van der Waals surface area (Å²) in [6.07, 6.45) is 3.23. The van der Waals surface area contributed by atoms with Crippen LogP contribution in [0.5, 0.6) is 5.75 Å². The molecule has 1 atom stereocenters. The molecule has 0 saturated carbocycles. The van der Waals surface area contributed by atoms with Gasteiger partial charge in [0.2, 0.25) is 5.91 Å². The van der Waals surface area contributed by atoms with Gasteiger partial charge in [0.05, 0.1) is 18.0 Å². The van der Waals surface area contributed by atoms with E-state index in [1.807, 2.05) is 36.1 Å². The van der Waals surface area contributed by atoms with Crippen LogP contribution in [0.3, 0.4) is 0 Å². The van der Waals surface area contributed by atoms with Crippen molar-refractivity contribution in [3.05, 3.63) is 54.3 Å². The summed E-state index contributed by atoms with van der Waals surface area (Å²) in [5.41, 5.74) is 1.13. The third kappa shape index (κ3) is 4.80. The lowest BCUT2D eigenvalue weighted by Crippen LogP contribution is -2.42. The second kappa shape index (κ2) is 10.2. The maximum Gasteiger partial charge on any atom is 0.233 e. The van der Waals surface area contributed by atoms with Gasteiger partial charge in [-0.3, -0.25) is 9.36 Å². The van der Waals surface area contributed by atoms with Gasteiger partial charge in [0.15, 0.2) is 11.0 Å². The zero-order valence-corrected chi connectivity index (χ0v) is 19.1. The predicted octanol–water partition coefficient (Wildman–Crippen LogP) is 4.97. The number of piperidine rings is 1. The molecule has 1 aliphatic heterocycles. The average Bonchev–Trinajstić information content (AvgIpc) is 3.22. The molecule has 0 radical (unpaired) electrons. The van der Waals surface area contributed by atoms with E-state index >= 15 is 0 Å². The average molecular weight is 455 g/mol. The van der Waals surface area contributed by atoms with E-state index in [1.54, 1.807) is 22.8 Å². The molecular weight excluding hydrogens is 427 g/mol. The number of likely N-dealkylation sites (tertiary alicyclic amines) is 1. The summed E-state index contributed by atoms with van der Waals surface area (Å²) in [7, 11) is 0. The normalized spacial score (nSPS) is 16.2. The van der Waals surface area contributed by atoms with E-state index in [0.29, 0.717) is 23.3 Å². The van der Waals surface area contributed by atoms with E-state index in [2.05, 4.69) is 17.1 Å². The monoisotopic (exact) mass is 454 g/mol. The quantitative estimate of drug-likeness (QED) is 0.472. The van der Waals surface area contributed by atoms with Crippen molar-refractivity contribution in [3.8, 4) is 22.8 Å². The molecule has 1 amide bonds. The minimum absolute atomic E-state index is 0.0768. The summed E-state index contributed by atoms with van der Waals surface area (Å²) in [4.78, 5) is 14.8. The van der Waals surface area contributed by atoms with Gasteiger partial charge in [-0.1, -0.05) is 23.9 Å². The molecule has 0 aliphatic carbocycles. The van der Waals surface area contributed by atoms with Crippen LogP contribution in [0.15, 0.2) is 53.7 Å². The Balaban J connectivity index is 1.64. The SMILES string of the molecule is CCOc1ccc(-c2nnc(SCC(=O)N3CCCC[C@@H]3C)n2-c2ccccc2F)cc1. The molecule has 6 nitrogen and oxygen atoms in total. The van der Waals surface area contributed by atoms with Crippen molar-refractivity contribution in [3.63, 3.8) is 0 Å². The minimum Gasteiger partial charge on any atom is -0.494 e. The van der Waals surface area contributed by atoms with Gasteiger partial charge >= 0.3 is 0 Å². The second-order valence-electron chi connectivity index (χ2n) is 7.77. The lowest BCUT2D eigenvalue weighted by Gasteiger charge is -2.33. The van der Waals surface area contributed by atoms with E-state index in [-0.39, 0.29) is 23.5 Å². The Morgan fingerprint density at radius 1 is 1.16 bits per heavy atom. The maximum absolute atomic E-state index is 14.8. The molecule has 168 valence electrons. The molecule has 3 aromatic rings. The van der Waals surface area contributed by atoms with Crippen LogP contribution in [0.2, 0.25) is 0 Å². The van der Waals surface area contributed by atoms with E-state index in [9.17, 15) is 9.18 Å². The molecule has 0 bridgehead atoms. The van der Waals surface area contributed by atoms with Crippen molar-refractivity contribution >= 4 is 17.7 Å². The van der Waals surface area contributed by atoms with Gasteiger partial charge in [0.1, 0.15) is 11.6 Å². The number of carbonyl (C=O) groups is 1. The minimum atomic E-state index is -0.377. The van der Waals surface area contributed by atoms with Gasteiger partial charge in [-0.05, 0) is 69.5 Å². The van der Waals surface area contributed by atoms with Crippen LogP contribution in [0.25, 0.3) is 17.1 Å². The number of para-hydroxylation sites is 1. The van der Waals surface area contributed by atoms with Crippen LogP contribution in [0.4, 0.5) is 4.39 Å². The highest BCUT2D eigenvalue weighted by atomic mass is 32.2. The van der Waals surface area contributed by atoms with E-state index in [1.165, 1.54) is 17.8 Å². The Labute approximate surface area is 191 Å². The molecule has 1 saturated heterocycles. The molecule has 0 spiro atoms. The number of aromatic nitrogens is 3. The Morgan fingerprint density at radius 3 is 2.66 bits per heavy atom. The van der Waals surface area contributed by atoms with Crippen LogP contribution in [0, 0.1) is 5.82 Å². The van der Waals surface area contributed by atoms with Crippen LogP contribution in [-0.4, -0.2) is 50.5 Å². The number of nitrogens with zero attached hydrogens (tertiary/aromatic N) is 4. The highest BCUT2D eigenvalue weighted by Gasteiger charge is 2.25. The molecule has 0 N–H and O–H groups in total. The molecular formula is C24H27FN4O2S. The Morgan fingerprint density at radius 2 is 1.94 bits per heavy atom. The summed E-state index contributed by atoms with van der Waals surface area (Å²) in [6.45, 7) is 5.39. The summed E-state index contributed by atoms with van der Waals surface area (Å²) in [6, 6.07) is 14.2. The topological polar surface area (TPSA) is 60.3 Å². The lowest BCUT2D eigenvalue weighted by molar-refractivity contribution is -0.131. The number of halogens is 1. The number of ether oxygens (including phenoxy) is 1. The number of rotatable bonds is 7. The fourth-order valence-corrected chi connectivity index (χ4v) is 4.78. The van der Waals surface area contributed by atoms with Crippen LogP contribution < -0.4 is 4.74 Å². The number of thioether (sulfide) groups is 1. The number of hydrogen-bond acceptors (Lipinski definition) is 5. The first kappa shape index (κ1) is 22.3. The summed E-state index contributed by atoms with van der Waals surface area (Å²) >= 11 is 1.29. The van der Waals surface area contributed by atoms with Crippen LogP contribution >= 0.6 is 11.8 Å². The van der Waals surface area contributed by atoms with Gasteiger partial charge in [-0.15, -0.1) is 10.2 Å². The summed E-state index contributed by atoms with van der Waals surface area (Å²) in [5.74, 6) is 1.20. The Hall–Kier alpha value is -2.87. The fraction of sp³-hybridized carbons (Fsp3) is 0.375. The van der Waals surface area contributed by atoms with Gasteiger partial charge < -0.3 is 9.64 Å². The molecule has 1 aliphatic rings. The van der Waals surface area contributed by atoms with Crippen molar-refractivity contribution in [2.45, 2.75) is 44.3 Å². The molecule has 1 fully saturated rings. The fourth-order valence-electron chi connectivity index (χ4n) is 3.95. The van der Waals surface area contributed by atoms with Crippen molar-refractivity contribution < 1.29 is 13.9 Å². The van der Waals surface area contributed by atoms with Crippen molar-refractivity contribution in [1.29, 1.82) is 0 Å². The van der Waals surface area contributed by atoms with E-state index < -0.39 is 0 Å². The summed E-state index contributed by atoms with van der Waals surface area (Å²) in [5, 5.41) is 9.14. The third-order valence-corrected chi connectivity index (χ3v) is 6.51. The number of hydrogen-bond donors (Lipinski definition) is 0. The molecule has 8 heteroatoms. The van der Waals surface area contributed by atoms with Gasteiger partial charge in [-0.2, -0.15) is 0 Å². The van der Waals surface area contributed by atoms with Gasteiger partial charge in [0, 0.05) is 18.2 Å². The van der Waals surface area contributed by atoms with Crippen LogP contribution in [-0.2, 0) is 4.79 Å². The highest BCUT2D eigenvalue weighted by molar-refractivity contribution is 7.99. The Bertz CT molecular complexity index is 1070. The third-order valence-electron chi connectivity index (χ3n) is 5.60. The first-order valence-corrected chi connectivity index (χ1v) is 11.9. The number of amides is 1. The second-order valence-corrected chi connectivity index (χ2v) is 8.71. The largest absolute Gasteiger partial charge is 0.494 e. The molecule has 32 heavy (non-hydrogen) atoms. The number of carbonyl (C=O) groups excluding carboxylic acids is 1. The molecule has 0 unspecified atom stereocenters. The first-order valence-electron chi connectivity index (χ1n) is 10.9. The zero-order valence-electron chi connectivity index (χ0n) is 18.3. The smallest absolute Gasteiger partial charge is 0.233 e.